The Morgan fingerprint density at radius 2 is 2.03 bits per heavy atom. The lowest BCUT2D eigenvalue weighted by Crippen LogP contribution is -2.26. The number of methoxy groups -OCH3 is 1. The van der Waals surface area contributed by atoms with Gasteiger partial charge in [0.2, 0.25) is 0 Å². The van der Waals surface area contributed by atoms with Gasteiger partial charge in [0, 0.05) is 30.3 Å². The number of fused-ring (bicyclic) bond motifs is 1. The topological polar surface area (TPSA) is 74.3 Å². The second-order valence-corrected chi connectivity index (χ2v) is 7.63. The molecule has 7 heteroatoms. The van der Waals surface area contributed by atoms with Crippen molar-refractivity contribution in [3.05, 3.63) is 69.8 Å². The Hall–Kier alpha value is -3.19. The van der Waals surface area contributed by atoms with Crippen LogP contribution in [0.1, 0.15) is 24.7 Å². The molecule has 0 bridgehead atoms. The first-order valence-electron chi connectivity index (χ1n) is 9.24. The van der Waals surface area contributed by atoms with Crippen LogP contribution >= 0.6 is 11.3 Å². The van der Waals surface area contributed by atoms with Gasteiger partial charge in [-0.05, 0) is 36.8 Å². The van der Waals surface area contributed by atoms with Crippen molar-refractivity contribution in [2.24, 2.45) is 0 Å². The monoisotopic (exact) mass is 408 g/mol. The fraction of sp³-hybridized carbons (Fsp3) is 0.227. The Morgan fingerprint density at radius 1 is 1.24 bits per heavy atom. The molecule has 0 aliphatic carbocycles. The molecule has 148 valence electrons. The summed E-state index contributed by atoms with van der Waals surface area (Å²) in [7, 11) is 1.62. The van der Waals surface area contributed by atoms with E-state index in [1.807, 2.05) is 35.7 Å². The van der Waals surface area contributed by atoms with Gasteiger partial charge in [0.1, 0.15) is 27.9 Å². The van der Waals surface area contributed by atoms with Gasteiger partial charge in [0.15, 0.2) is 0 Å². The first kappa shape index (κ1) is 19.1. The number of ether oxygens (including phenoxy) is 1. The van der Waals surface area contributed by atoms with Crippen LogP contribution in [-0.4, -0.2) is 22.4 Å². The van der Waals surface area contributed by atoms with Gasteiger partial charge in [-0.2, -0.15) is 0 Å². The highest BCUT2D eigenvalue weighted by Crippen LogP contribution is 2.31. The number of rotatable bonds is 7. The van der Waals surface area contributed by atoms with Crippen molar-refractivity contribution in [2.75, 3.05) is 7.11 Å². The molecule has 29 heavy (non-hydrogen) atoms. The zero-order valence-electron chi connectivity index (χ0n) is 16.2. The van der Waals surface area contributed by atoms with Gasteiger partial charge in [-0.3, -0.25) is 14.2 Å². The quantitative estimate of drug-likeness (QED) is 0.456. The summed E-state index contributed by atoms with van der Waals surface area (Å²) in [6, 6.07) is 11.3. The van der Waals surface area contributed by atoms with Crippen molar-refractivity contribution in [1.82, 2.24) is 9.55 Å². The molecule has 1 aromatic carbocycles. The van der Waals surface area contributed by atoms with Crippen molar-refractivity contribution in [3.8, 4) is 17.1 Å². The molecule has 0 spiro atoms. The maximum absolute atomic E-state index is 13.4. The molecule has 3 aromatic heterocycles. The van der Waals surface area contributed by atoms with Gasteiger partial charge in [-0.1, -0.05) is 12.1 Å². The van der Waals surface area contributed by atoms with E-state index in [1.165, 1.54) is 18.3 Å². The van der Waals surface area contributed by atoms with Crippen LogP contribution in [0.15, 0.2) is 57.3 Å². The number of Topliss-reactive ketones (excluding diaryl/α,β-unsaturated/α-hetero) is 1. The molecule has 0 aliphatic rings. The third-order valence-electron chi connectivity index (χ3n) is 4.77. The Balaban J connectivity index is 1.82. The SMILES string of the molecule is COc1ccc(Cc2nc3scc(-c4ccco4)c3c(=O)n2CCC(C)=O)cc1. The lowest BCUT2D eigenvalue weighted by atomic mass is 10.1. The summed E-state index contributed by atoms with van der Waals surface area (Å²) in [4.78, 5) is 30.4. The lowest BCUT2D eigenvalue weighted by Gasteiger charge is -2.12. The molecule has 3 heterocycles. The van der Waals surface area contributed by atoms with Crippen LogP contribution in [0.5, 0.6) is 5.75 Å². The molecular formula is C22H20N2O4S. The zero-order chi connectivity index (χ0) is 20.4. The Bertz CT molecular complexity index is 1200. The molecular weight excluding hydrogens is 388 g/mol. The summed E-state index contributed by atoms with van der Waals surface area (Å²) in [5.41, 5.74) is 1.60. The molecule has 0 unspecified atom stereocenters. The van der Waals surface area contributed by atoms with Crippen LogP contribution in [0.25, 0.3) is 21.5 Å². The lowest BCUT2D eigenvalue weighted by molar-refractivity contribution is -0.117. The molecule has 0 fully saturated rings. The molecule has 6 nitrogen and oxygen atoms in total. The van der Waals surface area contributed by atoms with Crippen LogP contribution < -0.4 is 10.3 Å². The van der Waals surface area contributed by atoms with E-state index in [0.717, 1.165) is 16.9 Å². The number of hydrogen-bond acceptors (Lipinski definition) is 6. The Kier molecular flexibility index (Phi) is 5.31. The van der Waals surface area contributed by atoms with Gasteiger partial charge in [0.05, 0.1) is 18.8 Å². The minimum Gasteiger partial charge on any atom is -0.497 e. The summed E-state index contributed by atoms with van der Waals surface area (Å²) in [6.45, 7) is 1.83. The number of carbonyl (C=O) groups is 1. The number of aromatic nitrogens is 2. The second kappa shape index (κ2) is 8.05. The van der Waals surface area contributed by atoms with Crippen LogP contribution in [-0.2, 0) is 17.8 Å². The number of hydrogen-bond donors (Lipinski definition) is 0. The van der Waals surface area contributed by atoms with E-state index in [4.69, 9.17) is 14.1 Å². The van der Waals surface area contributed by atoms with E-state index in [-0.39, 0.29) is 17.8 Å². The average Bonchev–Trinajstić information content (AvgIpc) is 3.37. The standard InChI is InChI=1S/C22H20N2O4S/c1-14(25)9-10-24-19(12-15-5-7-16(27-2)8-6-15)23-21-20(22(24)26)17(13-29-21)18-4-3-11-28-18/h3-8,11,13H,9-10,12H2,1-2H3. The third kappa shape index (κ3) is 3.86. The first-order chi connectivity index (χ1) is 14.1. The van der Waals surface area contributed by atoms with Gasteiger partial charge in [-0.15, -0.1) is 11.3 Å². The molecule has 0 saturated carbocycles. The summed E-state index contributed by atoms with van der Waals surface area (Å²) in [6.07, 6.45) is 2.35. The van der Waals surface area contributed by atoms with Crippen LogP contribution in [0.2, 0.25) is 0 Å². The highest BCUT2D eigenvalue weighted by Gasteiger charge is 2.18. The zero-order valence-corrected chi connectivity index (χ0v) is 17.0. The molecule has 0 atom stereocenters. The molecule has 0 aliphatic heterocycles. The van der Waals surface area contributed by atoms with E-state index < -0.39 is 0 Å². The predicted molar refractivity (Wildman–Crippen MR) is 113 cm³/mol. The normalized spacial score (nSPS) is 11.1. The number of ketones is 1. The van der Waals surface area contributed by atoms with Gasteiger partial charge >= 0.3 is 0 Å². The second-order valence-electron chi connectivity index (χ2n) is 6.77. The van der Waals surface area contributed by atoms with Crippen molar-refractivity contribution in [1.29, 1.82) is 0 Å². The van der Waals surface area contributed by atoms with Crippen molar-refractivity contribution in [3.63, 3.8) is 0 Å². The predicted octanol–water partition coefficient (Wildman–Crippen LogP) is 4.30. The number of benzene rings is 1. The molecule has 4 rings (SSSR count). The summed E-state index contributed by atoms with van der Waals surface area (Å²) in [5, 5.41) is 2.43. The fourth-order valence-corrected chi connectivity index (χ4v) is 4.18. The number of nitrogens with zero attached hydrogens (tertiary/aromatic N) is 2. The molecule has 0 saturated heterocycles. The summed E-state index contributed by atoms with van der Waals surface area (Å²) >= 11 is 1.42. The van der Waals surface area contributed by atoms with Gasteiger partial charge in [-0.25, -0.2) is 4.98 Å². The smallest absolute Gasteiger partial charge is 0.263 e. The van der Waals surface area contributed by atoms with Crippen molar-refractivity contribution < 1.29 is 13.9 Å². The first-order valence-corrected chi connectivity index (χ1v) is 10.1. The van der Waals surface area contributed by atoms with E-state index in [2.05, 4.69) is 0 Å². The maximum atomic E-state index is 13.4. The number of thiophene rings is 1. The van der Waals surface area contributed by atoms with Gasteiger partial charge in [0.25, 0.3) is 5.56 Å². The highest BCUT2D eigenvalue weighted by molar-refractivity contribution is 7.17. The average molecular weight is 408 g/mol. The van der Waals surface area contributed by atoms with E-state index >= 15 is 0 Å². The van der Waals surface area contributed by atoms with Gasteiger partial charge < -0.3 is 9.15 Å². The fourth-order valence-electron chi connectivity index (χ4n) is 3.24. The minimum absolute atomic E-state index is 0.0315. The third-order valence-corrected chi connectivity index (χ3v) is 5.64. The summed E-state index contributed by atoms with van der Waals surface area (Å²) in [5.74, 6) is 2.08. The van der Waals surface area contributed by atoms with Crippen LogP contribution in [0.3, 0.4) is 0 Å². The van der Waals surface area contributed by atoms with Crippen molar-refractivity contribution >= 4 is 27.3 Å². The van der Waals surface area contributed by atoms with Crippen LogP contribution in [0.4, 0.5) is 0 Å². The van der Waals surface area contributed by atoms with E-state index in [9.17, 15) is 9.59 Å². The summed E-state index contributed by atoms with van der Waals surface area (Å²) < 4.78 is 12.3. The molecule has 0 radical (unpaired) electrons. The Morgan fingerprint density at radius 3 is 2.69 bits per heavy atom. The van der Waals surface area contributed by atoms with Crippen molar-refractivity contribution in [2.45, 2.75) is 26.3 Å². The molecule has 0 amide bonds. The molecule has 4 aromatic rings. The highest BCUT2D eigenvalue weighted by atomic mass is 32.1. The largest absolute Gasteiger partial charge is 0.497 e. The minimum atomic E-state index is -0.146. The number of furan rings is 1. The van der Waals surface area contributed by atoms with E-state index in [0.29, 0.717) is 34.8 Å². The van der Waals surface area contributed by atoms with Crippen LogP contribution in [0, 0.1) is 0 Å². The number of carbonyl (C=O) groups excluding carboxylic acids is 1. The molecule has 0 N–H and O–H groups in total. The van der Waals surface area contributed by atoms with E-state index in [1.54, 1.807) is 24.0 Å². The Labute approximate surface area is 171 Å². The maximum Gasteiger partial charge on any atom is 0.263 e.